The molecule has 0 amide bonds. The minimum absolute atomic E-state index is 0.00610. The molecular formula is C33H24O. The van der Waals surface area contributed by atoms with Crippen LogP contribution in [0.5, 0.6) is 0 Å². The van der Waals surface area contributed by atoms with Crippen molar-refractivity contribution in [2.75, 3.05) is 0 Å². The monoisotopic (exact) mass is 436 g/mol. The van der Waals surface area contributed by atoms with Crippen LogP contribution in [-0.4, -0.2) is 5.78 Å². The van der Waals surface area contributed by atoms with E-state index in [1.165, 1.54) is 0 Å². The molecule has 4 aromatic carbocycles. The van der Waals surface area contributed by atoms with Crippen molar-refractivity contribution in [3.8, 4) is 0 Å². The van der Waals surface area contributed by atoms with Gasteiger partial charge in [-0.3, -0.25) is 4.79 Å². The Morgan fingerprint density at radius 3 is 1.74 bits per heavy atom. The first-order valence-electron chi connectivity index (χ1n) is 11.4. The van der Waals surface area contributed by atoms with E-state index in [0.29, 0.717) is 5.56 Å². The average Bonchev–Trinajstić information content (AvgIpc) is 3.27. The average molecular weight is 437 g/mol. The van der Waals surface area contributed by atoms with Crippen molar-refractivity contribution in [3.05, 3.63) is 173 Å². The van der Waals surface area contributed by atoms with Crippen LogP contribution in [0.2, 0.25) is 0 Å². The molecule has 1 aliphatic carbocycles. The molecule has 0 saturated carbocycles. The van der Waals surface area contributed by atoms with Crippen molar-refractivity contribution in [3.63, 3.8) is 0 Å². The van der Waals surface area contributed by atoms with Crippen LogP contribution < -0.4 is 0 Å². The van der Waals surface area contributed by atoms with Gasteiger partial charge in [0, 0.05) is 5.56 Å². The van der Waals surface area contributed by atoms with E-state index in [1.807, 2.05) is 66.7 Å². The highest BCUT2D eigenvalue weighted by molar-refractivity contribution is 6.10. The lowest BCUT2D eigenvalue weighted by Gasteiger charge is -2.10. The zero-order chi connectivity index (χ0) is 23.2. The maximum absolute atomic E-state index is 12.9. The molecule has 0 radical (unpaired) electrons. The molecule has 0 heterocycles. The van der Waals surface area contributed by atoms with Gasteiger partial charge in [-0.2, -0.15) is 0 Å². The lowest BCUT2D eigenvalue weighted by atomic mass is 9.93. The summed E-state index contributed by atoms with van der Waals surface area (Å²) in [5, 5.41) is 0. The minimum atomic E-state index is -0.00610. The van der Waals surface area contributed by atoms with Crippen molar-refractivity contribution < 1.29 is 4.79 Å². The van der Waals surface area contributed by atoms with Gasteiger partial charge < -0.3 is 0 Å². The number of ketones is 1. The third-order valence-electron chi connectivity index (χ3n) is 5.88. The van der Waals surface area contributed by atoms with E-state index >= 15 is 0 Å². The van der Waals surface area contributed by atoms with Crippen molar-refractivity contribution in [2.24, 2.45) is 0 Å². The Morgan fingerprint density at radius 1 is 0.588 bits per heavy atom. The molecule has 162 valence electrons. The Hall–Kier alpha value is -4.49. The molecule has 0 spiro atoms. The van der Waals surface area contributed by atoms with Gasteiger partial charge in [0.05, 0.1) is 0 Å². The van der Waals surface area contributed by atoms with Crippen LogP contribution in [0.15, 0.2) is 151 Å². The van der Waals surface area contributed by atoms with Crippen molar-refractivity contribution in [1.29, 1.82) is 0 Å². The number of benzene rings is 4. The highest BCUT2D eigenvalue weighted by atomic mass is 16.1. The van der Waals surface area contributed by atoms with Gasteiger partial charge in [-0.05, 0) is 63.3 Å². The summed E-state index contributed by atoms with van der Waals surface area (Å²) in [6, 6.07) is 40.5. The van der Waals surface area contributed by atoms with Crippen LogP contribution in [0.1, 0.15) is 27.0 Å². The molecular weight excluding hydrogens is 412 g/mol. The van der Waals surface area contributed by atoms with E-state index in [9.17, 15) is 4.79 Å². The zero-order valence-electron chi connectivity index (χ0n) is 18.8. The van der Waals surface area contributed by atoms with Gasteiger partial charge in [-0.15, -0.1) is 0 Å². The topological polar surface area (TPSA) is 17.1 Å². The predicted molar refractivity (Wildman–Crippen MR) is 142 cm³/mol. The number of carbonyl (C=O) groups excluding carboxylic acids is 1. The number of carbonyl (C=O) groups is 1. The summed E-state index contributed by atoms with van der Waals surface area (Å²) in [5.41, 5.74) is 8.48. The fraction of sp³-hybridized carbons (Fsp3) is 0. The molecule has 34 heavy (non-hydrogen) atoms. The van der Waals surface area contributed by atoms with Crippen LogP contribution in [0, 0.1) is 0 Å². The van der Waals surface area contributed by atoms with Crippen LogP contribution in [0.4, 0.5) is 0 Å². The van der Waals surface area contributed by atoms with E-state index in [0.717, 1.165) is 39.0 Å². The number of hydrogen-bond acceptors (Lipinski definition) is 1. The molecule has 0 atom stereocenters. The molecule has 1 heteroatoms. The van der Waals surface area contributed by atoms with Gasteiger partial charge in [0.2, 0.25) is 0 Å². The van der Waals surface area contributed by atoms with E-state index < -0.39 is 0 Å². The molecule has 5 rings (SSSR count). The third-order valence-corrected chi connectivity index (χ3v) is 5.88. The molecule has 0 saturated heterocycles. The van der Waals surface area contributed by atoms with Gasteiger partial charge >= 0.3 is 0 Å². The van der Waals surface area contributed by atoms with E-state index in [1.54, 1.807) is 6.08 Å². The van der Waals surface area contributed by atoms with Gasteiger partial charge in [0.15, 0.2) is 5.78 Å². The van der Waals surface area contributed by atoms with E-state index in [-0.39, 0.29) is 5.78 Å². The van der Waals surface area contributed by atoms with Crippen molar-refractivity contribution in [1.82, 2.24) is 0 Å². The minimum Gasteiger partial charge on any atom is -0.289 e. The normalized spacial score (nSPS) is 14.6. The Labute approximate surface area is 200 Å². The second-order valence-corrected chi connectivity index (χ2v) is 8.15. The quantitative estimate of drug-likeness (QED) is 0.221. The zero-order valence-corrected chi connectivity index (χ0v) is 18.8. The smallest absolute Gasteiger partial charge is 0.185 e. The lowest BCUT2D eigenvalue weighted by Crippen LogP contribution is -1.95. The molecule has 0 aliphatic heterocycles. The van der Waals surface area contributed by atoms with Gasteiger partial charge in [-0.25, -0.2) is 0 Å². The highest BCUT2D eigenvalue weighted by Gasteiger charge is 2.23. The SMILES string of the molecule is O=C(/C=C/C1=C(c2ccccc2)C(=C/c2ccccc2)/C=C1c1ccccc1)c1ccccc1. The molecule has 0 fully saturated rings. The summed E-state index contributed by atoms with van der Waals surface area (Å²) < 4.78 is 0. The molecule has 0 bridgehead atoms. The van der Waals surface area contributed by atoms with Crippen molar-refractivity contribution in [2.45, 2.75) is 0 Å². The largest absolute Gasteiger partial charge is 0.289 e. The molecule has 0 unspecified atom stereocenters. The maximum Gasteiger partial charge on any atom is 0.185 e. The Bertz CT molecular complexity index is 1410. The van der Waals surface area contributed by atoms with Gasteiger partial charge in [-0.1, -0.05) is 121 Å². The Morgan fingerprint density at radius 2 is 1.12 bits per heavy atom. The molecule has 0 N–H and O–H groups in total. The van der Waals surface area contributed by atoms with Gasteiger partial charge in [0.25, 0.3) is 0 Å². The summed E-state index contributed by atoms with van der Waals surface area (Å²) >= 11 is 0. The van der Waals surface area contributed by atoms with E-state index in [4.69, 9.17) is 0 Å². The summed E-state index contributed by atoms with van der Waals surface area (Å²) in [4.78, 5) is 12.9. The fourth-order valence-electron chi connectivity index (χ4n) is 4.25. The number of hydrogen-bond donors (Lipinski definition) is 0. The molecule has 1 nitrogen and oxygen atoms in total. The second-order valence-electron chi connectivity index (χ2n) is 8.15. The van der Waals surface area contributed by atoms with Crippen LogP contribution in [-0.2, 0) is 0 Å². The number of allylic oxidation sites excluding steroid dienone is 7. The number of rotatable bonds is 6. The molecule has 4 aromatic rings. The summed E-state index contributed by atoms with van der Waals surface area (Å²) in [7, 11) is 0. The van der Waals surface area contributed by atoms with Crippen LogP contribution in [0.3, 0.4) is 0 Å². The standard InChI is InChI=1S/C33H24O/c34-32(27-17-9-3-10-18-27)22-21-30-31(26-15-7-2-8-16-26)24-29(23-25-13-5-1-6-14-25)33(30)28-19-11-4-12-20-28/h1-24H/b22-21+,29-23+. The van der Waals surface area contributed by atoms with Crippen LogP contribution in [0.25, 0.3) is 17.2 Å². The first-order chi connectivity index (χ1) is 16.8. The maximum atomic E-state index is 12.9. The molecule has 1 aliphatic rings. The lowest BCUT2D eigenvalue weighted by molar-refractivity contribution is 0.104. The van der Waals surface area contributed by atoms with Crippen LogP contribution >= 0.6 is 0 Å². The summed E-state index contributed by atoms with van der Waals surface area (Å²) in [5.74, 6) is -0.00610. The summed E-state index contributed by atoms with van der Waals surface area (Å²) in [6.07, 6.45) is 8.11. The Balaban J connectivity index is 1.69. The Kier molecular flexibility index (Phi) is 6.27. The summed E-state index contributed by atoms with van der Waals surface area (Å²) in [6.45, 7) is 0. The molecule has 0 aromatic heterocycles. The van der Waals surface area contributed by atoms with Gasteiger partial charge in [0.1, 0.15) is 0 Å². The van der Waals surface area contributed by atoms with E-state index in [2.05, 4.69) is 72.8 Å². The second kappa shape index (κ2) is 9.97. The predicted octanol–water partition coefficient (Wildman–Crippen LogP) is 8.06. The first kappa shape index (κ1) is 21.4. The highest BCUT2D eigenvalue weighted by Crippen LogP contribution is 2.43. The fourth-order valence-corrected chi connectivity index (χ4v) is 4.25. The van der Waals surface area contributed by atoms with Crippen molar-refractivity contribution >= 4 is 23.0 Å². The third kappa shape index (κ3) is 4.65. The first-order valence-corrected chi connectivity index (χ1v) is 11.4.